The second-order valence-corrected chi connectivity index (χ2v) is 8.19. The van der Waals surface area contributed by atoms with Crippen LogP contribution in [-0.4, -0.2) is 64.5 Å². The van der Waals surface area contributed by atoms with E-state index in [1.807, 2.05) is 65.0 Å². The van der Waals surface area contributed by atoms with Crippen molar-refractivity contribution in [3.63, 3.8) is 0 Å². The molecule has 0 saturated carbocycles. The van der Waals surface area contributed by atoms with Crippen LogP contribution in [0.25, 0.3) is 5.65 Å². The number of benzene rings is 1. The van der Waals surface area contributed by atoms with Crippen molar-refractivity contribution in [3.8, 4) is 5.75 Å². The van der Waals surface area contributed by atoms with Crippen LogP contribution in [0.3, 0.4) is 0 Å². The minimum Gasteiger partial charge on any atom is -0.497 e. The number of methoxy groups -OCH3 is 1. The Morgan fingerprint density at radius 1 is 1.16 bits per heavy atom. The van der Waals surface area contributed by atoms with Crippen molar-refractivity contribution in [1.82, 2.24) is 19.2 Å². The SMILES string of the molecule is COc1cccc(COC(C)C(=O)N2CCN(Cc3cn4cc(Cl)ccc4n3)CC2)c1. The third kappa shape index (κ3) is 5.36. The predicted molar refractivity (Wildman–Crippen MR) is 119 cm³/mol. The summed E-state index contributed by atoms with van der Waals surface area (Å²) in [6, 6.07) is 11.4. The Hall–Kier alpha value is -2.61. The standard InChI is InChI=1S/C23H27ClN4O3/c1-17(31-16-18-4-3-5-21(12-18)30-2)23(29)27-10-8-26(9-11-27)14-20-15-28-13-19(24)6-7-22(28)25-20/h3-7,12-13,15,17H,8-11,14,16H2,1-2H3. The van der Waals surface area contributed by atoms with E-state index >= 15 is 0 Å². The first kappa shape index (κ1) is 21.6. The molecule has 3 aromatic rings. The first-order valence-electron chi connectivity index (χ1n) is 10.4. The average Bonchev–Trinajstić information content (AvgIpc) is 3.19. The fraction of sp³-hybridized carbons (Fsp3) is 0.391. The maximum atomic E-state index is 12.8. The summed E-state index contributed by atoms with van der Waals surface area (Å²) in [5.41, 5.74) is 2.87. The van der Waals surface area contributed by atoms with Crippen LogP contribution in [0.15, 0.2) is 48.8 Å². The number of rotatable bonds is 7. The fourth-order valence-corrected chi connectivity index (χ4v) is 3.93. The number of fused-ring (bicyclic) bond motifs is 1. The average molecular weight is 443 g/mol. The van der Waals surface area contributed by atoms with Crippen molar-refractivity contribution in [2.75, 3.05) is 33.3 Å². The van der Waals surface area contributed by atoms with E-state index in [0.29, 0.717) is 24.7 Å². The molecule has 31 heavy (non-hydrogen) atoms. The van der Waals surface area contributed by atoms with E-state index < -0.39 is 6.10 Å². The number of hydrogen-bond donors (Lipinski definition) is 0. The zero-order valence-electron chi connectivity index (χ0n) is 17.8. The largest absolute Gasteiger partial charge is 0.497 e. The lowest BCUT2D eigenvalue weighted by molar-refractivity contribution is -0.145. The molecule has 8 heteroatoms. The molecule has 1 amide bonds. The number of nitrogens with zero attached hydrogens (tertiary/aromatic N) is 4. The van der Waals surface area contributed by atoms with Gasteiger partial charge in [-0.2, -0.15) is 0 Å². The molecule has 1 aromatic carbocycles. The summed E-state index contributed by atoms with van der Waals surface area (Å²) in [6.45, 7) is 5.93. The summed E-state index contributed by atoms with van der Waals surface area (Å²) in [7, 11) is 1.64. The van der Waals surface area contributed by atoms with Gasteiger partial charge in [-0.05, 0) is 36.8 Å². The molecule has 0 bridgehead atoms. The van der Waals surface area contributed by atoms with Crippen molar-refractivity contribution in [3.05, 3.63) is 65.1 Å². The summed E-state index contributed by atoms with van der Waals surface area (Å²) in [5, 5.41) is 0.686. The molecule has 1 unspecified atom stereocenters. The lowest BCUT2D eigenvalue weighted by Crippen LogP contribution is -2.51. The number of ether oxygens (including phenoxy) is 2. The number of carbonyl (C=O) groups is 1. The number of carbonyl (C=O) groups excluding carboxylic acids is 1. The van der Waals surface area contributed by atoms with Crippen molar-refractivity contribution in [1.29, 1.82) is 0 Å². The van der Waals surface area contributed by atoms with Crippen molar-refractivity contribution in [2.45, 2.75) is 26.2 Å². The monoisotopic (exact) mass is 442 g/mol. The molecule has 1 fully saturated rings. The highest BCUT2D eigenvalue weighted by atomic mass is 35.5. The Bertz CT molecular complexity index is 1050. The van der Waals surface area contributed by atoms with Crippen LogP contribution in [0.2, 0.25) is 5.02 Å². The zero-order valence-corrected chi connectivity index (χ0v) is 18.6. The molecule has 2 aromatic heterocycles. The summed E-state index contributed by atoms with van der Waals surface area (Å²) < 4.78 is 13.0. The van der Waals surface area contributed by atoms with Gasteiger partial charge in [0.15, 0.2) is 0 Å². The molecular weight excluding hydrogens is 416 g/mol. The second kappa shape index (κ2) is 9.68. The van der Waals surface area contributed by atoms with Crippen molar-refractivity contribution < 1.29 is 14.3 Å². The number of imidazole rings is 1. The molecule has 1 saturated heterocycles. The molecular formula is C23H27ClN4O3. The second-order valence-electron chi connectivity index (χ2n) is 7.75. The molecule has 0 aliphatic carbocycles. The highest BCUT2D eigenvalue weighted by molar-refractivity contribution is 6.30. The number of amides is 1. The molecule has 0 spiro atoms. The Balaban J connectivity index is 1.25. The molecule has 164 valence electrons. The van der Waals surface area contributed by atoms with E-state index in [9.17, 15) is 4.79 Å². The van der Waals surface area contributed by atoms with Gasteiger partial charge in [0.1, 0.15) is 17.5 Å². The van der Waals surface area contributed by atoms with Crippen LogP contribution < -0.4 is 4.74 Å². The first-order chi connectivity index (χ1) is 15.0. The third-order valence-corrected chi connectivity index (χ3v) is 5.74. The molecule has 1 aliphatic rings. The molecule has 7 nitrogen and oxygen atoms in total. The Morgan fingerprint density at radius 3 is 2.74 bits per heavy atom. The third-order valence-electron chi connectivity index (χ3n) is 5.52. The minimum absolute atomic E-state index is 0.0323. The number of aromatic nitrogens is 2. The van der Waals surface area contributed by atoms with Gasteiger partial charge in [0.2, 0.25) is 0 Å². The first-order valence-corrected chi connectivity index (χ1v) is 10.8. The van der Waals surface area contributed by atoms with E-state index in [2.05, 4.69) is 9.88 Å². The van der Waals surface area contributed by atoms with Crippen LogP contribution in [0.5, 0.6) is 5.75 Å². The summed E-state index contributed by atoms with van der Waals surface area (Å²) in [4.78, 5) is 21.6. The van der Waals surface area contributed by atoms with Gasteiger partial charge in [-0.15, -0.1) is 0 Å². The van der Waals surface area contributed by atoms with Crippen LogP contribution in [0.1, 0.15) is 18.2 Å². The van der Waals surface area contributed by atoms with Crippen molar-refractivity contribution >= 4 is 23.2 Å². The maximum Gasteiger partial charge on any atom is 0.251 e. The smallest absolute Gasteiger partial charge is 0.251 e. The van der Waals surface area contributed by atoms with E-state index in [4.69, 9.17) is 21.1 Å². The molecule has 4 rings (SSSR count). The topological polar surface area (TPSA) is 59.3 Å². The quantitative estimate of drug-likeness (QED) is 0.562. The van der Waals surface area contributed by atoms with E-state index in [-0.39, 0.29) is 5.91 Å². The number of piperazine rings is 1. The molecule has 0 radical (unpaired) electrons. The van der Waals surface area contributed by atoms with Crippen LogP contribution in [0.4, 0.5) is 0 Å². The van der Waals surface area contributed by atoms with Crippen molar-refractivity contribution in [2.24, 2.45) is 0 Å². The molecule has 1 aliphatic heterocycles. The van der Waals surface area contributed by atoms with E-state index in [1.54, 1.807) is 7.11 Å². The Kier molecular flexibility index (Phi) is 6.75. The van der Waals surface area contributed by atoms with E-state index in [1.165, 1.54) is 0 Å². The minimum atomic E-state index is -0.485. The van der Waals surface area contributed by atoms with Gasteiger partial charge < -0.3 is 18.8 Å². The highest BCUT2D eigenvalue weighted by Gasteiger charge is 2.25. The maximum absolute atomic E-state index is 12.8. The lowest BCUT2D eigenvalue weighted by Gasteiger charge is -2.35. The number of hydrogen-bond acceptors (Lipinski definition) is 5. The highest BCUT2D eigenvalue weighted by Crippen LogP contribution is 2.16. The zero-order chi connectivity index (χ0) is 21.8. The van der Waals surface area contributed by atoms with Crippen LogP contribution in [-0.2, 0) is 22.7 Å². The van der Waals surface area contributed by atoms with Gasteiger partial charge in [0, 0.05) is 45.1 Å². The number of pyridine rings is 1. The van der Waals surface area contributed by atoms with Crippen LogP contribution in [0, 0.1) is 0 Å². The van der Waals surface area contributed by atoms with Gasteiger partial charge in [-0.1, -0.05) is 23.7 Å². The van der Waals surface area contributed by atoms with Gasteiger partial charge in [0.25, 0.3) is 5.91 Å². The van der Waals surface area contributed by atoms with Gasteiger partial charge in [-0.3, -0.25) is 9.69 Å². The Labute approximate surface area is 187 Å². The van der Waals surface area contributed by atoms with Gasteiger partial charge in [-0.25, -0.2) is 4.98 Å². The fourth-order valence-electron chi connectivity index (χ4n) is 3.76. The summed E-state index contributed by atoms with van der Waals surface area (Å²) in [6.07, 6.45) is 3.38. The molecule has 0 N–H and O–H groups in total. The lowest BCUT2D eigenvalue weighted by atomic mass is 10.2. The normalized spacial score (nSPS) is 15.9. The van der Waals surface area contributed by atoms with E-state index in [0.717, 1.165) is 42.3 Å². The summed E-state index contributed by atoms with van der Waals surface area (Å²) in [5.74, 6) is 0.815. The molecule has 3 heterocycles. The Morgan fingerprint density at radius 2 is 1.97 bits per heavy atom. The van der Waals surface area contributed by atoms with Gasteiger partial charge >= 0.3 is 0 Å². The summed E-state index contributed by atoms with van der Waals surface area (Å²) >= 11 is 6.05. The number of halogens is 1. The predicted octanol–water partition coefficient (Wildman–Crippen LogP) is 3.25. The van der Waals surface area contributed by atoms with Gasteiger partial charge in [0.05, 0.1) is 24.4 Å². The molecule has 1 atom stereocenters. The van der Waals surface area contributed by atoms with Crippen LogP contribution >= 0.6 is 11.6 Å².